The normalized spacial score (nSPS) is 11.6. The van der Waals surface area contributed by atoms with Crippen molar-refractivity contribution in [2.24, 2.45) is 0 Å². The minimum absolute atomic E-state index is 1.27. The summed E-state index contributed by atoms with van der Waals surface area (Å²) in [4.78, 5) is 0. The summed E-state index contributed by atoms with van der Waals surface area (Å²) >= 11 is 0. The van der Waals surface area contributed by atoms with Crippen LogP contribution in [-0.2, 0) is 0 Å². The van der Waals surface area contributed by atoms with E-state index >= 15 is 0 Å². The summed E-state index contributed by atoms with van der Waals surface area (Å²) < 4.78 is 0. The molecular weight excluding hydrogens is 348 g/mol. The first-order chi connectivity index (χ1) is 14.3. The molecule has 0 amide bonds. The Morgan fingerprint density at radius 2 is 1.03 bits per heavy atom. The minimum atomic E-state index is 1.27. The largest absolute Gasteiger partial charge is 0.0622 e. The van der Waals surface area contributed by atoms with Crippen LogP contribution in [0.4, 0.5) is 0 Å². The van der Waals surface area contributed by atoms with Crippen molar-refractivity contribution in [1.29, 1.82) is 0 Å². The molecule has 0 N–H and O–H groups in total. The van der Waals surface area contributed by atoms with Gasteiger partial charge in [0, 0.05) is 0 Å². The van der Waals surface area contributed by atoms with E-state index in [1.807, 2.05) is 0 Å². The molecule has 0 unspecified atom stereocenters. The summed E-state index contributed by atoms with van der Waals surface area (Å²) in [5, 5.41) is 2.69. The predicted molar refractivity (Wildman–Crippen MR) is 124 cm³/mol. The van der Waals surface area contributed by atoms with E-state index in [-0.39, 0.29) is 0 Å². The quantitative estimate of drug-likeness (QED) is 0.289. The van der Waals surface area contributed by atoms with Gasteiger partial charge in [0.05, 0.1) is 0 Å². The van der Waals surface area contributed by atoms with Gasteiger partial charge in [-0.3, -0.25) is 0 Å². The van der Waals surface area contributed by atoms with Gasteiger partial charge in [-0.25, -0.2) is 0 Å². The smallest absolute Gasteiger partial charge is 0.00112 e. The number of hydrogen-bond acceptors (Lipinski definition) is 0. The van der Waals surface area contributed by atoms with Crippen LogP contribution in [0.25, 0.3) is 55.3 Å². The molecule has 0 aliphatic heterocycles. The van der Waals surface area contributed by atoms with Crippen LogP contribution >= 0.6 is 0 Å². The molecule has 0 saturated heterocycles. The lowest BCUT2D eigenvalue weighted by molar-refractivity contribution is 1.46. The van der Waals surface area contributed by atoms with Crippen molar-refractivity contribution in [2.75, 3.05) is 0 Å². The molecule has 136 valence electrons. The number of aryl methyl sites for hydroxylation is 1. The molecule has 0 heteroatoms. The third-order valence-electron chi connectivity index (χ3n) is 6.12. The maximum Gasteiger partial charge on any atom is -0.00112 e. The summed E-state index contributed by atoms with van der Waals surface area (Å²) in [6, 6.07) is 37.4. The zero-order valence-electron chi connectivity index (χ0n) is 16.3. The van der Waals surface area contributed by atoms with Crippen LogP contribution < -0.4 is 0 Å². The molecule has 1 aliphatic carbocycles. The molecule has 6 rings (SSSR count). The monoisotopic (exact) mass is 368 g/mol. The van der Waals surface area contributed by atoms with E-state index in [4.69, 9.17) is 0 Å². The Kier molecular flexibility index (Phi) is 3.48. The van der Waals surface area contributed by atoms with E-state index in [1.165, 1.54) is 60.8 Å². The average Bonchev–Trinajstić information content (AvgIpc) is 3.11. The topological polar surface area (TPSA) is 0 Å². The zero-order valence-corrected chi connectivity index (χ0v) is 16.3. The molecule has 0 radical (unpaired) electrons. The van der Waals surface area contributed by atoms with E-state index in [2.05, 4.69) is 110 Å². The highest BCUT2D eigenvalue weighted by Gasteiger charge is 2.28. The molecule has 0 aromatic heterocycles. The molecule has 0 heterocycles. The summed E-state index contributed by atoms with van der Waals surface area (Å²) in [5.41, 5.74) is 12.0. The van der Waals surface area contributed by atoms with Gasteiger partial charge in [-0.05, 0) is 67.8 Å². The van der Waals surface area contributed by atoms with Crippen LogP contribution in [0.3, 0.4) is 0 Å². The minimum Gasteiger partial charge on any atom is -0.0622 e. The lowest BCUT2D eigenvalue weighted by Gasteiger charge is -2.18. The summed E-state index contributed by atoms with van der Waals surface area (Å²) in [6.07, 6.45) is 0. The van der Waals surface area contributed by atoms with Crippen molar-refractivity contribution in [3.63, 3.8) is 0 Å². The number of hydrogen-bond donors (Lipinski definition) is 0. The molecule has 5 aromatic rings. The Balaban J connectivity index is 1.81. The Morgan fingerprint density at radius 3 is 1.69 bits per heavy atom. The highest BCUT2D eigenvalue weighted by Crippen LogP contribution is 2.55. The van der Waals surface area contributed by atoms with Gasteiger partial charge in [-0.15, -0.1) is 0 Å². The van der Waals surface area contributed by atoms with Gasteiger partial charge >= 0.3 is 0 Å². The Hall–Kier alpha value is -3.64. The maximum absolute atomic E-state index is 2.38. The second kappa shape index (κ2) is 6.18. The molecule has 0 atom stereocenters. The van der Waals surface area contributed by atoms with Crippen molar-refractivity contribution < 1.29 is 0 Å². The van der Waals surface area contributed by atoms with E-state index < -0.39 is 0 Å². The molecule has 0 nitrogen and oxygen atoms in total. The third kappa shape index (κ3) is 2.33. The first-order valence-corrected chi connectivity index (χ1v) is 10.1. The summed E-state index contributed by atoms with van der Waals surface area (Å²) in [7, 11) is 0. The molecule has 0 saturated carbocycles. The third-order valence-corrected chi connectivity index (χ3v) is 6.12. The molecule has 0 spiro atoms. The highest BCUT2D eigenvalue weighted by atomic mass is 14.3. The first-order valence-electron chi connectivity index (χ1n) is 10.1. The number of benzene rings is 5. The van der Waals surface area contributed by atoms with Gasteiger partial charge in [0.1, 0.15) is 0 Å². The Bertz CT molecular complexity index is 1370. The number of rotatable bonds is 2. The Labute approximate surface area is 171 Å². The fraction of sp³-hybridized carbons (Fsp3) is 0.0345. The lowest BCUT2D eigenvalue weighted by Crippen LogP contribution is -1.93. The van der Waals surface area contributed by atoms with Gasteiger partial charge in [-0.1, -0.05) is 103 Å². The van der Waals surface area contributed by atoms with E-state index in [9.17, 15) is 0 Å². The van der Waals surface area contributed by atoms with Crippen molar-refractivity contribution in [3.05, 3.63) is 109 Å². The summed E-state index contributed by atoms with van der Waals surface area (Å²) in [6.45, 7) is 2.25. The average molecular weight is 368 g/mol. The van der Waals surface area contributed by atoms with E-state index in [0.717, 1.165) is 0 Å². The first kappa shape index (κ1) is 16.3. The maximum atomic E-state index is 2.38. The van der Waals surface area contributed by atoms with E-state index in [0.29, 0.717) is 0 Å². The second-order valence-corrected chi connectivity index (χ2v) is 7.81. The van der Waals surface area contributed by atoms with Crippen LogP contribution in [0.5, 0.6) is 0 Å². The van der Waals surface area contributed by atoms with Crippen LogP contribution in [0.1, 0.15) is 5.56 Å². The molecule has 0 bridgehead atoms. The lowest BCUT2D eigenvalue weighted by atomic mass is 9.85. The molecule has 0 fully saturated rings. The fourth-order valence-corrected chi connectivity index (χ4v) is 4.95. The van der Waals surface area contributed by atoms with Crippen LogP contribution in [-0.4, -0.2) is 0 Å². The molecular formula is C29H20. The number of fused-ring (bicyclic) bond motifs is 3. The molecule has 1 aliphatic rings. The Morgan fingerprint density at radius 1 is 0.448 bits per heavy atom. The van der Waals surface area contributed by atoms with Crippen LogP contribution in [0.2, 0.25) is 0 Å². The van der Waals surface area contributed by atoms with Gasteiger partial charge < -0.3 is 0 Å². The van der Waals surface area contributed by atoms with Gasteiger partial charge in [0.25, 0.3) is 0 Å². The van der Waals surface area contributed by atoms with Crippen molar-refractivity contribution >= 4 is 10.8 Å². The van der Waals surface area contributed by atoms with Gasteiger partial charge in [0.2, 0.25) is 0 Å². The van der Waals surface area contributed by atoms with E-state index in [1.54, 1.807) is 0 Å². The molecule has 5 aromatic carbocycles. The predicted octanol–water partition coefficient (Wildman–Crippen LogP) is 8.13. The van der Waals surface area contributed by atoms with Gasteiger partial charge in [0.15, 0.2) is 0 Å². The SMILES string of the molecule is Cc1cc(-c2ccccc2)c2c(c1-c1ccccc1)-c1cccc3cccc-2c13. The zero-order chi connectivity index (χ0) is 19.4. The van der Waals surface area contributed by atoms with Crippen molar-refractivity contribution in [2.45, 2.75) is 6.92 Å². The fourth-order valence-electron chi connectivity index (χ4n) is 4.95. The molecule has 29 heavy (non-hydrogen) atoms. The highest BCUT2D eigenvalue weighted by molar-refractivity contribution is 6.21. The standard InChI is InChI=1S/C29H20/c1-19-18-25(20-10-4-2-5-11-20)28-23-16-8-14-22-15-9-17-24(27(22)23)29(28)26(19)21-12-6-3-7-13-21/h2-18H,1H3. The van der Waals surface area contributed by atoms with Gasteiger partial charge in [-0.2, -0.15) is 0 Å². The van der Waals surface area contributed by atoms with Crippen LogP contribution in [0.15, 0.2) is 103 Å². The van der Waals surface area contributed by atoms with Crippen molar-refractivity contribution in [1.82, 2.24) is 0 Å². The summed E-state index contributed by atoms with van der Waals surface area (Å²) in [5.74, 6) is 0. The van der Waals surface area contributed by atoms with Crippen LogP contribution in [0, 0.1) is 6.92 Å². The second-order valence-electron chi connectivity index (χ2n) is 7.81. The van der Waals surface area contributed by atoms with Crippen molar-refractivity contribution in [3.8, 4) is 44.5 Å².